The van der Waals surface area contributed by atoms with Gasteiger partial charge in [-0.15, -0.1) is 0 Å². The summed E-state index contributed by atoms with van der Waals surface area (Å²) in [4.78, 5) is 29.1. The fourth-order valence-electron chi connectivity index (χ4n) is 3.88. The van der Waals surface area contributed by atoms with Crippen LogP contribution in [-0.4, -0.2) is 56.1 Å². The molecule has 2 aromatic carbocycles. The van der Waals surface area contributed by atoms with Crippen molar-refractivity contribution in [1.82, 2.24) is 4.90 Å². The van der Waals surface area contributed by atoms with Crippen molar-refractivity contribution in [2.24, 2.45) is 5.92 Å². The number of carbonyl (C=O) groups is 2. The van der Waals surface area contributed by atoms with Gasteiger partial charge < -0.3 is 19.9 Å². The number of nitrogens with zero attached hydrogens (tertiary/aromatic N) is 2. The van der Waals surface area contributed by atoms with Crippen molar-refractivity contribution in [3.63, 3.8) is 0 Å². The van der Waals surface area contributed by atoms with E-state index in [-0.39, 0.29) is 18.4 Å². The third-order valence-corrected chi connectivity index (χ3v) is 5.62. The van der Waals surface area contributed by atoms with Crippen LogP contribution >= 0.6 is 0 Å². The molecule has 2 amide bonds. The van der Waals surface area contributed by atoms with Crippen LogP contribution in [0.3, 0.4) is 0 Å². The number of morpholine rings is 1. The minimum atomic E-state index is -0.188. The van der Waals surface area contributed by atoms with Gasteiger partial charge in [0.1, 0.15) is 0 Å². The maximum absolute atomic E-state index is 12.7. The highest BCUT2D eigenvalue weighted by atomic mass is 16.5. The minimum absolute atomic E-state index is 0.0399. The van der Waals surface area contributed by atoms with Crippen LogP contribution in [0.25, 0.3) is 0 Å². The van der Waals surface area contributed by atoms with E-state index in [2.05, 4.69) is 36.2 Å². The minimum Gasteiger partial charge on any atom is -0.378 e. The van der Waals surface area contributed by atoms with Crippen LogP contribution in [0.2, 0.25) is 0 Å². The summed E-state index contributed by atoms with van der Waals surface area (Å²) >= 11 is 0. The number of likely N-dealkylation sites (N-methyl/N-ethyl adjacent to an activating group) is 1. The maximum atomic E-state index is 12.7. The van der Waals surface area contributed by atoms with E-state index in [0.29, 0.717) is 18.9 Å². The number of nitrogens with one attached hydrogen (secondary N) is 1. The van der Waals surface area contributed by atoms with Crippen LogP contribution in [0.15, 0.2) is 48.5 Å². The predicted molar refractivity (Wildman–Crippen MR) is 129 cm³/mol. The molecule has 1 heterocycles. The highest BCUT2D eigenvalue weighted by molar-refractivity contribution is 5.94. The van der Waals surface area contributed by atoms with Gasteiger partial charge in [-0.3, -0.25) is 9.59 Å². The van der Waals surface area contributed by atoms with E-state index in [4.69, 9.17) is 4.74 Å². The lowest BCUT2D eigenvalue weighted by atomic mass is 10.0. The Labute approximate surface area is 191 Å². The van der Waals surface area contributed by atoms with Gasteiger partial charge in [0, 0.05) is 31.0 Å². The zero-order valence-corrected chi connectivity index (χ0v) is 19.5. The van der Waals surface area contributed by atoms with E-state index in [0.717, 1.165) is 49.7 Å². The van der Waals surface area contributed by atoms with E-state index in [1.807, 2.05) is 43.3 Å². The van der Waals surface area contributed by atoms with Crippen molar-refractivity contribution >= 4 is 23.2 Å². The molecule has 0 bridgehead atoms. The summed E-state index contributed by atoms with van der Waals surface area (Å²) in [6, 6.07) is 16.0. The normalized spacial score (nSPS) is 13.8. The summed E-state index contributed by atoms with van der Waals surface area (Å²) in [5, 5.41) is 2.91. The van der Waals surface area contributed by atoms with Crippen molar-refractivity contribution < 1.29 is 14.3 Å². The molecule has 172 valence electrons. The fourth-order valence-corrected chi connectivity index (χ4v) is 3.88. The topological polar surface area (TPSA) is 61.9 Å². The Hall–Kier alpha value is -2.86. The molecule has 0 atom stereocenters. The second-order valence-electron chi connectivity index (χ2n) is 8.69. The van der Waals surface area contributed by atoms with Gasteiger partial charge in [0.2, 0.25) is 11.8 Å². The Kier molecular flexibility index (Phi) is 8.68. The third kappa shape index (κ3) is 7.09. The largest absolute Gasteiger partial charge is 0.378 e. The van der Waals surface area contributed by atoms with Crippen LogP contribution in [0, 0.1) is 5.92 Å². The molecule has 1 fully saturated rings. The quantitative estimate of drug-likeness (QED) is 0.649. The molecule has 6 heteroatoms. The van der Waals surface area contributed by atoms with E-state index in [1.54, 1.807) is 4.90 Å². The highest BCUT2D eigenvalue weighted by Gasteiger charge is 2.17. The van der Waals surface area contributed by atoms with E-state index >= 15 is 0 Å². The van der Waals surface area contributed by atoms with Gasteiger partial charge in [0.05, 0.1) is 26.2 Å². The number of anilines is 2. The number of hydrogen-bond acceptors (Lipinski definition) is 4. The molecule has 0 spiro atoms. The first kappa shape index (κ1) is 23.8. The Morgan fingerprint density at radius 3 is 2.22 bits per heavy atom. The molecule has 3 rings (SSSR count). The molecule has 0 saturated carbocycles. The highest BCUT2D eigenvalue weighted by Crippen LogP contribution is 2.19. The average molecular weight is 438 g/mol. The summed E-state index contributed by atoms with van der Waals surface area (Å²) in [6.07, 6.45) is 1.33. The monoisotopic (exact) mass is 437 g/mol. The lowest BCUT2D eigenvalue weighted by Crippen LogP contribution is -2.38. The zero-order valence-electron chi connectivity index (χ0n) is 19.5. The Morgan fingerprint density at radius 2 is 1.62 bits per heavy atom. The van der Waals surface area contributed by atoms with Gasteiger partial charge in [0.15, 0.2) is 0 Å². The molecule has 6 nitrogen and oxygen atoms in total. The van der Waals surface area contributed by atoms with E-state index in [9.17, 15) is 9.59 Å². The first-order valence-electron chi connectivity index (χ1n) is 11.5. The molecule has 1 saturated heterocycles. The van der Waals surface area contributed by atoms with Gasteiger partial charge in [0.25, 0.3) is 0 Å². The van der Waals surface area contributed by atoms with Crippen LogP contribution in [0.5, 0.6) is 0 Å². The van der Waals surface area contributed by atoms with Gasteiger partial charge in [-0.25, -0.2) is 0 Å². The Morgan fingerprint density at radius 1 is 1.00 bits per heavy atom. The Bertz CT molecular complexity index is 872. The maximum Gasteiger partial charge on any atom is 0.243 e. The first-order valence-corrected chi connectivity index (χ1v) is 11.5. The molecule has 0 aromatic heterocycles. The molecule has 0 aliphatic carbocycles. The number of benzene rings is 2. The van der Waals surface area contributed by atoms with Gasteiger partial charge in [-0.05, 0) is 54.7 Å². The fraction of sp³-hybridized carbons (Fsp3) is 0.462. The number of rotatable bonds is 9. The van der Waals surface area contributed by atoms with E-state index in [1.165, 1.54) is 5.56 Å². The summed E-state index contributed by atoms with van der Waals surface area (Å²) in [5.41, 5.74) is 4.11. The smallest absolute Gasteiger partial charge is 0.243 e. The molecular formula is C26H35N3O3. The number of amides is 2. The van der Waals surface area contributed by atoms with Crippen molar-refractivity contribution in [3.05, 3.63) is 59.7 Å². The SMILES string of the molecule is CCN(CC(=O)Nc1ccc(N2CCOCC2)cc1)C(=O)Cc1ccc(CC(C)C)cc1. The van der Waals surface area contributed by atoms with Crippen LogP contribution in [-0.2, 0) is 27.2 Å². The van der Waals surface area contributed by atoms with E-state index < -0.39 is 0 Å². The molecule has 0 radical (unpaired) electrons. The molecule has 1 N–H and O–H groups in total. The lowest BCUT2D eigenvalue weighted by Gasteiger charge is -2.29. The van der Waals surface area contributed by atoms with Crippen LogP contribution in [0.1, 0.15) is 31.9 Å². The number of ether oxygens (including phenoxy) is 1. The summed E-state index contributed by atoms with van der Waals surface area (Å²) in [6.45, 7) is 10.1. The number of hydrogen-bond donors (Lipinski definition) is 1. The summed E-state index contributed by atoms with van der Waals surface area (Å²) < 4.78 is 5.39. The van der Waals surface area contributed by atoms with Gasteiger partial charge in [-0.2, -0.15) is 0 Å². The second kappa shape index (κ2) is 11.7. The average Bonchev–Trinajstić information content (AvgIpc) is 2.79. The van der Waals surface area contributed by atoms with Crippen molar-refractivity contribution in [1.29, 1.82) is 0 Å². The molecule has 2 aromatic rings. The van der Waals surface area contributed by atoms with Gasteiger partial charge >= 0.3 is 0 Å². The number of carbonyl (C=O) groups excluding carboxylic acids is 2. The molecular weight excluding hydrogens is 402 g/mol. The molecule has 32 heavy (non-hydrogen) atoms. The third-order valence-electron chi connectivity index (χ3n) is 5.62. The van der Waals surface area contributed by atoms with Crippen LogP contribution < -0.4 is 10.2 Å². The second-order valence-corrected chi connectivity index (χ2v) is 8.69. The predicted octanol–water partition coefficient (Wildman–Crippen LogP) is 3.75. The molecule has 0 unspecified atom stereocenters. The van der Waals surface area contributed by atoms with Gasteiger partial charge in [-0.1, -0.05) is 38.1 Å². The van der Waals surface area contributed by atoms with Crippen molar-refractivity contribution in [2.75, 3.05) is 49.6 Å². The lowest BCUT2D eigenvalue weighted by molar-refractivity contribution is -0.133. The standard InChI is InChI=1S/C26H35N3O3/c1-4-28(26(31)18-22-7-5-21(6-8-22)17-20(2)3)19-25(30)27-23-9-11-24(12-10-23)29-13-15-32-16-14-29/h5-12,20H,4,13-19H2,1-3H3,(H,27,30). The first-order chi connectivity index (χ1) is 15.4. The van der Waals surface area contributed by atoms with Crippen molar-refractivity contribution in [3.8, 4) is 0 Å². The van der Waals surface area contributed by atoms with Crippen LogP contribution in [0.4, 0.5) is 11.4 Å². The summed E-state index contributed by atoms with van der Waals surface area (Å²) in [5.74, 6) is 0.376. The summed E-state index contributed by atoms with van der Waals surface area (Å²) in [7, 11) is 0. The molecule has 1 aliphatic rings. The van der Waals surface area contributed by atoms with Crippen molar-refractivity contribution in [2.45, 2.75) is 33.6 Å². The Balaban J connectivity index is 1.50. The zero-order chi connectivity index (χ0) is 22.9. The molecule has 1 aliphatic heterocycles.